The number of imide groups is 1. The van der Waals surface area contributed by atoms with Gasteiger partial charge in [-0.1, -0.05) is 18.2 Å². The predicted octanol–water partition coefficient (Wildman–Crippen LogP) is 3.42. The van der Waals surface area contributed by atoms with Crippen molar-refractivity contribution in [3.63, 3.8) is 0 Å². The summed E-state index contributed by atoms with van der Waals surface area (Å²) in [6, 6.07) is 14.5. The lowest BCUT2D eigenvalue weighted by atomic mass is 10.1. The minimum Gasteiger partial charge on any atom is -0.326 e. The molecule has 2 aromatic carbocycles. The molecular weight excluding hydrogens is 336 g/mol. The van der Waals surface area contributed by atoms with Crippen LogP contribution in [0.15, 0.2) is 53.4 Å². The average Bonchev–Trinajstić information content (AvgIpc) is 2.83. The summed E-state index contributed by atoms with van der Waals surface area (Å²) in [6.07, 6.45) is 0.709. The molecule has 25 heavy (non-hydrogen) atoms. The summed E-state index contributed by atoms with van der Waals surface area (Å²) in [5.74, 6) is 0.251. The summed E-state index contributed by atoms with van der Waals surface area (Å²) >= 11 is 1.63. The van der Waals surface area contributed by atoms with E-state index >= 15 is 0 Å². The van der Waals surface area contributed by atoms with Crippen LogP contribution in [0.3, 0.4) is 0 Å². The van der Waals surface area contributed by atoms with Gasteiger partial charge < -0.3 is 5.32 Å². The molecule has 0 atom stereocenters. The Morgan fingerprint density at radius 2 is 1.72 bits per heavy atom. The quantitative estimate of drug-likeness (QED) is 0.490. The van der Waals surface area contributed by atoms with E-state index in [2.05, 4.69) is 5.32 Å². The van der Waals surface area contributed by atoms with Gasteiger partial charge in [0.2, 0.25) is 5.91 Å². The number of nitrogens with one attached hydrogen (secondary N) is 1. The molecule has 1 aliphatic heterocycles. The van der Waals surface area contributed by atoms with E-state index in [-0.39, 0.29) is 17.7 Å². The highest BCUT2D eigenvalue weighted by Crippen LogP contribution is 2.25. The summed E-state index contributed by atoms with van der Waals surface area (Å²) in [5, 5.41) is 2.75. The number of carbonyl (C=O) groups is 3. The van der Waals surface area contributed by atoms with E-state index in [1.54, 1.807) is 36.0 Å². The van der Waals surface area contributed by atoms with Gasteiger partial charge in [-0.2, -0.15) is 0 Å². The van der Waals surface area contributed by atoms with Gasteiger partial charge >= 0.3 is 0 Å². The molecule has 0 bridgehead atoms. The van der Waals surface area contributed by atoms with Crippen molar-refractivity contribution in [3.8, 4) is 0 Å². The largest absolute Gasteiger partial charge is 0.326 e. The molecule has 0 aliphatic carbocycles. The van der Waals surface area contributed by atoms with E-state index in [0.717, 1.165) is 16.3 Å². The molecule has 0 spiro atoms. The third-order valence-electron chi connectivity index (χ3n) is 3.83. The summed E-state index contributed by atoms with van der Waals surface area (Å²) in [4.78, 5) is 38.0. The van der Waals surface area contributed by atoms with Crippen molar-refractivity contribution in [3.05, 3.63) is 59.7 Å². The molecule has 3 amide bonds. The van der Waals surface area contributed by atoms with Gasteiger partial charge in [0.25, 0.3) is 11.8 Å². The topological polar surface area (TPSA) is 66.5 Å². The van der Waals surface area contributed by atoms with Gasteiger partial charge in [0, 0.05) is 24.1 Å². The van der Waals surface area contributed by atoms with Crippen molar-refractivity contribution in [2.45, 2.75) is 18.2 Å². The van der Waals surface area contributed by atoms with Crippen molar-refractivity contribution in [2.24, 2.45) is 0 Å². The Morgan fingerprint density at radius 1 is 1.04 bits per heavy atom. The second kappa shape index (κ2) is 7.53. The van der Waals surface area contributed by atoms with Gasteiger partial charge in [-0.25, -0.2) is 0 Å². The maximum Gasteiger partial charge on any atom is 0.261 e. The van der Waals surface area contributed by atoms with Crippen LogP contribution in [0.2, 0.25) is 0 Å². The zero-order valence-corrected chi connectivity index (χ0v) is 14.6. The van der Waals surface area contributed by atoms with Crippen molar-refractivity contribution in [2.75, 3.05) is 17.6 Å². The van der Waals surface area contributed by atoms with Crippen molar-refractivity contribution in [1.82, 2.24) is 4.90 Å². The number of anilines is 1. The van der Waals surface area contributed by atoms with Crippen molar-refractivity contribution >= 4 is 35.2 Å². The number of rotatable bonds is 6. The number of hydrogen-bond donors (Lipinski definition) is 1. The van der Waals surface area contributed by atoms with Crippen LogP contribution in [0.1, 0.15) is 34.1 Å². The molecule has 128 valence electrons. The summed E-state index contributed by atoms with van der Waals surface area (Å²) in [7, 11) is 0. The molecule has 6 heteroatoms. The van der Waals surface area contributed by atoms with Crippen LogP contribution in [0.25, 0.3) is 0 Å². The number of hydrogen-bond acceptors (Lipinski definition) is 4. The second-order valence-corrected chi connectivity index (χ2v) is 6.89. The molecule has 0 radical (unpaired) electrons. The van der Waals surface area contributed by atoms with Crippen molar-refractivity contribution < 1.29 is 14.4 Å². The van der Waals surface area contributed by atoms with Crippen LogP contribution in [-0.2, 0) is 4.79 Å². The van der Waals surface area contributed by atoms with Crippen LogP contribution in [0.4, 0.5) is 5.69 Å². The first-order valence-corrected chi connectivity index (χ1v) is 9.00. The van der Waals surface area contributed by atoms with Gasteiger partial charge in [0.15, 0.2) is 0 Å². The van der Waals surface area contributed by atoms with E-state index < -0.39 is 0 Å². The predicted molar refractivity (Wildman–Crippen MR) is 97.9 cm³/mol. The Hall–Kier alpha value is -2.60. The molecule has 0 unspecified atom stereocenters. The van der Waals surface area contributed by atoms with Crippen LogP contribution in [-0.4, -0.2) is 34.9 Å². The molecule has 1 aliphatic rings. The van der Waals surface area contributed by atoms with E-state index in [1.807, 2.05) is 24.3 Å². The fourth-order valence-electron chi connectivity index (χ4n) is 2.72. The molecule has 1 heterocycles. The first kappa shape index (κ1) is 17.2. The third kappa shape index (κ3) is 3.91. The number of amides is 3. The van der Waals surface area contributed by atoms with E-state index in [4.69, 9.17) is 0 Å². The monoisotopic (exact) mass is 354 g/mol. The smallest absolute Gasteiger partial charge is 0.261 e. The molecule has 0 saturated heterocycles. The highest BCUT2D eigenvalue weighted by Gasteiger charge is 2.34. The van der Waals surface area contributed by atoms with Gasteiger partial charge in [0.05, 0.1) is 11.1 Å². The normalized spacial score (nSPS) is 13.1. The van der Waals surface area contributed by atoms with Gasteiger partial charge in [-0.15, -0.1) is 11.8 Å². The molecule has 2 aromatic rings. The zero-order valence-electron chi connectivity index (χ0n) is 13.8. The highest BCUT2D eigenvalue weighted by atomic mass is 32.2. The fraction of sp³-hybridized carbons (Fsp3) is 0.211. The van der Waals surface area contributed by atoms with E-state index in [9.17, 15) is 14.4 Å². The molecule has 5 nitrogen and oxygen atoms in total. The fourth-order valence-corrected chi connectivity index (χ4v) is 3.62. The number of benzene rings is 2. The van der Waals surface area contributed by atoms with E-state index in [1.165, 1.54) is 11.8 Å². The first-order chi connectivity index (χ1) is 12.1. The lowest BCUT2D eigenvalue weighted by molar-refractivity contribution is -0.114. The molecule has 3 rings (SSSR count). The minimum atomic E-state index is -0.210. The van der Waals surface area contributed by atoms with Crippen LogP contribution in [0.5, 0.6) is 0 Å². The van der Waals surface area contributed by atoms with Crippen LogP contribution in [0, 0.1) is 0 Å². The summed E-state index contributed by atoms with van der Waals surface area (Å²) < 4.78 is 0. The summed E-state index contributed by atoms with van der Waals surface area (Å²) in [6.45, 7) is 1.88. The maximum atomic E-state index is 12.3. The Balaban J connectivity index is 1.52. The number of nitrogens with zero attached hydrogens (tertiary/aromatic N) is 1. The first-order valence-electron chi connectivity index (χ1n) is 8.02. The Kier molecular flexibility index (Phi) is 5.19. The Labute approximate surface area is 150 Å². The molecule has 0 fully saturated rings. The molecule has 0 aromatic heterocycles. The second-order valence-electron chi connectivity index (χ2n) is 5.72. The number of carbonyl (C=O) groups excluding carboxylic acids is 3. The average molecular weight is 354 g/mol. The Morgan fingerprint density at radius 3 is 2.36 bits per heavy atom. The molecule has 1 N–H and O–H groups in total. The SMILES string of the molecule is CC(=O)Nc1cccc(SCCCN2C(=O)c3ccccc3C2=O)c1. The number of thioether (sulfide) groups is 1. The third-order valence-corrected chi connectivity index (χ3v) is 4.91. The van der Waals surface area contributed by atoms with Crippen LogP contribution >= 0.6 is 11.8 Å². The zero-order chi connectivity index (χ0) is 17.8. The lowest BCUT2D eigenvalue weighted by Gasteiger charge is -2.13. The molecular formula is C19H18N2O3S. The number of fused-ring (bicyclic) bond motifs is 1. The highest BCUT2D eigenvalue weighted by molar-refractivity contribution is 7.99. The minimum absolute atomic E-state index is 0.104. The lowest BCUT2D eigenvalue weighted by Crippen LogP contribution is -2.30. The maximum absolute atomic E-state index is 12.3. The summed E-state index contributed by atoms with van der Waals surface area (Å²) in [5.41, 5.74) is 1.74. The van der Waals surface area contributed by atoms with Gasteiger partial charge in [0.1, 0.15) is 0 Å². The standard InChI is InChI=1S/C19H18N2O3S/c1-13(22)20-14-6-4-7-15(12-14)25-11-5-10-21-18(23)16-8-2-3-9-17(16)19(21)24/h2-4,6-9,12H,5,10-11H2,1H3,(H,20,22). The van der Waals surface area contributed by atoms with Gasteiger partial charge in [-0.05, 0) is 42.5 Å². The van der Waals surface area contributed by atoms with E-state index in [0.29, 0.717) is 24.1 Å². The molecule has 0 saturated carbocycles. The van der Waals surface area contributed by atoms with Gasteiger partial charge in [-0.3, -0.25) is 19.3 Å². The van der Waals surface area contributed by atoms with Crippen molar-refractivity contribution in [1.29, 1.82) is 0 Å². The Bertz CT molecular complexity index is 800. The van der Waals surface area contributed by atoms with Crippen LogP contribution < -0.4 is 5.32 Å².